The fourth-order valence-corrected chi connectivity index (χ4v) is 4.86. The van der Waals surface area contributed by atoms with E-state index in [-0.39, 0.29) is 12.5 Å². The molecule has 0 aliphatic carbocycles. The van der Waals surface area contributed by atoms with E-state index in [0.717, 1.165) is 30.6 Å². The summed E-state index contributed by atoms with van der Waals surface area (Å²) in [4.78, 5) is 15.2. The maximum atomic E-state index is 12.9. The molecular weight excluding hydrogens is 402 g/mol. The predicted octanol–water partition coefficient (Wildman–Crippen LogP) is 3.15. The number of piperidine rings is 1. The van der Waals surface area contributed by atoms with Crippen LogP contribution in [0.5, 0.6) is 5.75 Å². The molecule has 2 aliphatic rings. The lowest BCUT2D eigenvalue weighted by molar-refractivity contribution is -0.122. The van der Waals surface area contributed by atoms with Crippen LogP contribution in [0.15, 0.2) is 42.5 Å². The van der Waals surface area contributed by atoms with E-state index in [4.69, 9.17) is 4.74 Å². The largest absolute Gasteiger partial charge is 0.476 e. The number of hydrogen-bond donors (Lipinski definition) is 1. The summed E-state index contributed by atoms with van der Waals surface area (Å²) in [6.45, 7) is 3.94. The molecule has 0 unspecified atom stereocenters. The number of sulfonamides is 1. The molecule has 0 aromatic heterocycles. The number of fused-ring (bicyclic) bond motifs is 1. The highest BCUT2D eigenvalue weighted by Crippen LogP contribution is 2.36. The molecule has 0 radical (unpaired) electrons. The van der Waals surface area contributed by atoms with E-state index in [2.05, 4.69) is 10.2 Å². The number of nitrogens with one attached hydrogen (secondary N) is 1. The molecule has 2 aromatic carbocycles. The van der Waals surface area contributed by atoms with Crippen LogP contribution in [0.1, 0.15) is 24.8 Å². The van der Waals surface area contributed by atoms with Crippen LogP contribution in [0.25, 0.3) is 0 Å². The molecule has 2 aliphatic heterocycles. The Bertz CT molecular complexity index is 1030. The van der Waals surface area contributed by atoms with Gasteiger partial charge in [0.05, 0.1) is 18.5 Å². The number of ether oxygens (including phenoxy) is 1. The van der Waals surface area contributed by atoms with Crippen molar-refractivity contribution in [3.63, 3.8) is 0 Å². The third-order valence-electron chi connectivity index (χ3n) is 5.53. The smallest absolute Gasteiger partial charge is 0.267 e. The van der Waals surface area contributed by atoms with Gasteiger partial charge in [-0.05, 0) is 68.1 Å². The molecule has 1 N–H and O–H groups in total. The minimum absolute atomic E-state index is 0.0629. The number of amides is 1. The van der Waals surface area contributed by atoms with Gasteiger partial charge in [0.2, 0.25) is 10.0 Å². The van der Waals surface area contributed by atoms with Crippen molar-refractivity contribution in [2.24, 2.45) is 0 Å². The molecule has 2 aromatic rings. The average Bonchev–Trinajstić information content (AvgIpc) is 2.73. The van der Waals surface area contributed by atoms with Gasteiger partial charge in [-0.25, -0.2) is 8.42 Å². The predicted molar refractivity (Wildman–Crippen MR) is 119 cm³/mol. The summed E-state index contributed by atoms with van der Waals surface area (Å²) < 4.78 is 31.7. The zero-order valence-electron chi connectivity index (χ0n) is 17.3. The highest BCUT2D eigenvalue weighted by molar-refractivity contribution is 7.92. The molecule has 7 nitrogen and oxygen atoms in total. The van der Waals surface area contributed by atoms with E-state index in [1.54, 1.807) is 12.1 Å². The zero-order chi connectivity index (χ0) is 21.3. The lowest BCUT2D eigenvalue weighted by Crippen LogP contribution is -2.48. The number of benzene rings is 2. The van der Waals surface area contributed by atoms with Crippen LogP contribution in [0.2, 0.25) is 0 Å². The molecule has 1 atom stereocenters. The van der Waals surface area contributed by atoms with Crippen LogP contribution in [0, 0.1) is 6.92 Å². The Labute approximate surface area is 177 Å². The minimum atomic E-state index is -3.54. The topological polar surface area (TPSA) is 79.0 Å². The van der Waals surface area contributed by atoms with Gasteiger partial charge < -0.3 is 15.0 Å². The van der Waals surface area contributed by atoms with Crippen molar-refractivity contribution >= 4 is 33.0 Å². The third kappa shape index (κ3) is 4.38. The van der Waals surface area contributed by atoms with Crippen molar-refractivity contribution in [2.45, 2.75) is 32.3 Å². The highest BCUT2D eigenvalue weighted by atomic mass is 32.2. The van der Waals surface area contributed by atoms with Gasteiger partial charge in [0.25, 0.3) is 5.91 Å². The first-order valence-corrected chi connectivity index (χ1v) is 12.1. The molecule has 0 bridgehead atoms. The summed E-state index contributed by atoms with van der Waals surface area (Å²) in [6.07, 6.45) is 3.89. The summed E-state index contributed by atoms with van der Waals surface area (Å²) in [5.41, 5.74) is 3.19. The Morgan fingerprint density at radius 3 is 2.43 bits per heavy atom. The van der Waals surface area contributed by atoms with Gasteiger partial charge in [-0.2, -0.15) is 0 Å². The van der Waals surface area contributed by atoms with Crippen LogP contribution < -0.4 is 19.3 Å². The van der Waals surface area contributed by atoms with Crippen LogP contribution >= 0.6 is 0 Å². The van der Waals surface area contributed by atoms with Crippen LogP contribution in [-0.4, -0.2) is 46.3 Å². The van der Waals surface area contributed by atoms with Crippen molar-refractivity contribution in [3.8, 4) is 5.75 Å². The van der Waals surface area contributed by atoms with Gasteiger partial charge >= 0.3 is 0 Å². The Morgan fingerprint density at radius 1 is 1.07 bits per heavy atom. The minimum Gasteiger partial charge on any atom is -0.476 e. The number of aryl methyl sites for hydroxylation is 1. The molecule has 2 heterocycles. The summed E-state index contributed by atoms with van der Waals surface area (Å²) in [5.74, 6) is 0.0220. The van der Waals surface area contributed by atoms with Crippen molar-refractivity contribution < 1.29 is 17.9 Å². The Kier molecular flexibility index (Phi) is 5.60. The van der Waals surface area contributed by atoms with E-state index < -0.39 is 16.1 Å². The van der Waals surface area contributed by atoms with Crippen LogP contribution in [-0.2, 0) is 14.8 Å². The van der Waals surface area contributed by atoms with Gasteiger partial charge in [0.1, 0.15) is 5.75 Å². The maximum absolute atomic E-state index is 12.9. The Hall–Kier alpha value is -2.74. The van der Waals surface area contributed by atoms with Gasteiger partial charge in [-0.15, -0.1) is 0 Å². The lowest BCUT2D eigenvalue weighted by atomic mass is 10.1. The second-order valence-corrected chi connectivity index (χ2v) is 9.86. The fraction of sp³-hybridized carbons (Fsp3) is 0.409. The lowest BCUT2D eigenvalue weighted by Gasteiger charge is -2.34. The first-order valence-electron chi connectivity index (χ1n) is 10.2. The monoisotopic (exact) mass is 429 g/mol. The summed E-state index contributed by atoms with van der Waals surface area (Å²) in [5, 5.41) is 2.86. The first-order chi connectivity index (χ1) is 14.3. The average molecular weight is 430 g/mol. The van der Waals surface area contributed by atoms with Crippen molar-refractivity contribution in [2.75, 3.05) is 40.4 Å². The number of anilines is 3. The fourth-order valence-electron chi connectivity index (χ4n) is 3.94. The third-order valence-corrected chi connectivity index (χ3v) is 6.68. The molecular formula is C22H27N3O4S. The second kappa shape index (κ2) is 8.18. The molecule has 160 valence electrons. The summed E-state index contributed by atoms with van der Waals surface area (Å²) in [6, 6.07) is 13.0. The molecule has 1 fully saturated rings. The molecule has 8 heteroatoms. The molecule has 1 saturated heterocycles. The number of carbonyl (C=O) groups excluding carboxylic acids is 1. The van der Waals surface area contributed by atoms with Crippen molar-refractivity contribution in [3.05, 3.63) is 48.0 Å². The Morgan fingerprint density at radius 2 is 1.77 bits per heavy atom. The number of hydrogen-bond acceptors (Lipinski definition) is 5. The highest BCUT2D eigenvalue weighted by Gasteiger charge is 2.35. The van der Waals surface area contributed by atoms with Gasteiger partial charge in [0, 0.05) is 24.5 Å². The standard InChI is InChI=1S/C22H27N3O4S/c1-16-6-11-19-20(14-16)29-21(15-25(19)30(2,27)28)22(26)23-17-7-9-18(10-8-17)24-12-4-3-5-13-24/h6-11,14,21H,3-5,12-13,15H2,1-2H3,(H,23,26)/t21-/m1/s1. The molecule has 4 rings (SSSR count). The zero-order valence-corrected chi connectivity index (χ0v) is 18.1. The van der Waals surface area contributed by atoms with Crippen LogP contribution in [0.3, 0.4) is 0 Å². The van der Waals surface area contributed by atoms with E-state index >= 15 is 0 Å². The normalized spacial score (nSPS) is 19.1. The summed E-state index contributed by atoms with van der Waals surface area (Å²) >= 11 is 0. The van der Waals surface area contributed by atoms with Crippen LogP contribution in [0.4, 0.5) is 17.1 Å². The molecule has 0 spiro atoms. The van der Waals surface area contributed by atoms with E-state index in [9.17, 15) is 13.2 Å². The van der Waals surface area contributed by atoms with E-state index in [0.29, 0.717) is 17.1 Å². The van der Waals surface area contributed by atoms with Gasteiger partial charge in [0.15, 0.2) is 6.10 Å². The molecule has 0 saturated carbocycles. The van der Waals surface area contributed by atoms with Gasteiger partial charge in [-0.1, -0.05) is 6.07 Å². The maximum Gasteiger partial charge on any atom is 0.267 e. The SMILES string of the molecule is Cc1ccc2c(c1)O[C@@H](C(=O)Nc1ccc(N3CCCCC3)cc1)CN2S(C)(=O)=O. The summed E-state index contributed by atoms with van der Waals surface area (Å²) in [7, 11) is -3.54. The molecule has 1 amide bonds. The van der Waals surface area contributed by atoms with Crippen molar-refractivity contribution in [1.29, 1.82) is 0 Å². The number of rotatable bonds is 4. The van der Waals surface area contributed by atoms with Gasteiger partial charge in [-0.3, -0.25) is 9.10 Å². The number of nitrogens with zero attached hydrogens (tertiary/aromatic N) is 2. The quantitative estimate of drug-likeness (QED) is 0.808. The van der Waals surface area contributed by atoms with Crippen molar-refractivity contribution in [1.82, 2.24) is 0 Å². The van der Waals surface area contributed by atoms with E-state index in [1.807, 2.05) is 37.3 Å². The Balaban J connectivity index is 1.49. The number of carbonyl (C=O) groups is 1. The first kappa shape index (κ1) is 20.5. The second-order valence-electron chi connectivity index (χ2n) is 7.96. The molecule has 30 heavy (non-hydrogen) atoms. The van der Waals surface area contributed by atoms with E-state index in [1.165, 1.54) is 23.6 Å².